The molecule has 0 aliphatic carbocycles. The molecule has 2 aromatic rings. The Bertz CT molecular complexity index is 766. The van der Waals surface area contributed by atoms with Crippen LogP contribution < -0.4 is 4.90 Å². The van der Waals surface area contributed by atoms with Crippen LogP contribution in [0.4, 0.5) is 5.82 Å². The fourth-order valence-electron chi connectivity index (χ4n) is 2.85. The zero-order chi connectivity index (χ0) is 18.0. The second kappa shape index (κ2) is 7.18. The molecule has 0 unspecified atom stereocenters. The van der Waals surface area contributed by atoms with E-state index in [0.717, 1.165) is 17.1 Å². The quantitative estimate of drug-likeness (QED) is 0.820. The molecule has 1 amide bonds. The van der Waals surface area contributed by atoms with Crippen LogP contribution in [0.15, 0.2) is 12.1 Å². The lowest BCUT2D eigenvalue weighted by Gasteiger charge is -2.29. The molecule has 134 valence electrons. The minimum absolute atomic E-state index is 0.0785. The average molecular weight is 344 g/mol. The van der Waals surface area contributed by atoms with Crippen molar-refractivity contribution in [1.29, 1.82) is 0 Å². The second-order valence-electron chi connectivity index (χ2n) is 6.36. The number of hydrogen-bond donors (Lipinski definition) is 0. The van der Waals surface area contributed by atoms with Gasteiger partial charge in [-0.25, -0.2) is 9.67 Å². The van der Waals surface area contributed by atoms with Gasteiger partial charge < -0.3 is 14.5 Å². The minimum Gasteiger partial charge on any atom is -0.378 e. The van der Waals surface area contributed by atoms with Crippen molar-refractivity contribution >= 4 is 11.7 Å². The van der Waals surface area contributed by atoms with Crippen LogP contribution >= 0.6 is 0 Å². The van der Waals surface area contributed by atoms with Crippen molar-refractivity contribution in [3.05, 3.63) is 29.2 Å². The van der Waals surface area contributed by atoms with E-state index in [0.29, 0.717) is 38.1 Å². The molecule has 0 radical (unpaired) electrons. The van der Waals surface area contributed by atoms with Crippen molar-refractivity contribution in [3.8, 4) is 5.95 Å². The molecular formula is C17H24N6O2. The first kappa shape index (κ1) is 17.3. The Morgan fingerprint density at radius 3 is 2.52 bits per heavy atom. The first-order chi connectivity index (χ1) is 11.9. The van der Waals surface area contributed by atoms with Crippen molar-refractivity contribution < 1.29 is 9.53 Å². The van der Waals surface area contributed by atoms with E-state index in [1.165, 1.54) is 0 Å². The van der Waals surface area contributed by atoms with Crippen LogP contribution in [0.5, 0.6) is 0 Å². The highest BCUT2D eigenvalue weighted by molar-refractivity contribution is 5.81. The number of anilines is 1. The van der Waals surface area contributed by atoms with Gasteiger partial charge in [-0.1, -0.05) is 0 Å². The largest absolute Gasteiger partial charge is 0.378 e. The van der Waals surface area contributed by atoms with Gasteiger partial charge in [-0.3, -0.25) is 4.79 Å². The molecule has 1 fully saturated rings. The molecule has 0 atom stereocenters. The van der Waals surface area contributed by atoms with E-state index >= 15 is 0 Å². The Morgan fingerprint density at radius 1 is 1.16 bits per heavy atom. The summed E-state index contributed by atoms with van der Waals surface area (Å²) in [5.74, 6) is 1.30. The van der Waals surface area contributed by atoms with Gasteiger partial charge in [0.2, 0.25) is 5.91 Å². The maximum Gasteiger partial charge on any atom is 0.252 e. The highest BCUT2D eigenvalue weighted by atomic mass is 16.5. The van der Waals surface area contributed by atoms with Crippen molar-refractivity contribution in [3.63, 3.8) is 0 Å². The van der Waals surface area contributed by atoms with Crippen LogP contribution in [0.1, 0.15) is 17.1 Å². The van der Waals surface area contributed by atoms with Crippen molar-refractivity contribution in [1.82, 2.24) is 24.6 Å². The summed E-state index contributed by atoms with van der Waals surface area (Å²) in [6.07, 6.45) is 0. The zero-order valence-electron chi connectivity index (χ0n) is 15.2. The average Bonchev–Trinajstić information content (AvgIpc) is 2.93. The van der Waals surface area contributed by atoms with Gasteiger partial charge in [-0.2, -0.15) is 10.1 Å². The van der Waals surface area contributed by atoms with Gasteiger partial charge in [-0.15, -0.1) is 0 Å². The van der Waals surface area contributed by atoms with Crippen LogP contribution in [0, 0.1) is 20.8 Å². The second-order valence-corrected chi connectivity index (χ2v) is 6.36. The van der Waals surface area contributed by atoms with Crippen LogP contribution in [-0.2, 0) is 9.53 Å². The normalized spacial score (nSPS) is 14.6. The molecule has 1 aliphatic heterocycles. The molecule has 8 heteroatoms. The SMILES string of the molecule is Cc1cc(N(C)CC(=O)N2CCOCC2)nc(-n2nc(C)cc2C)n1. The minimum atomic E-state index is 0.0785. The number of amides is 1. The van der Waals surface area contributed by atoms with Crippen LogP contribution in [0.3, 0.4) is 0 Å². The number of likely N-dealkylation sites (N-methyl/N-ethyl adjacent to an activating group) is 1. The van der Waals surface area contributed by atoms with E-state index in [9.17, 15) is 4.79 Å². The number of aromatic nitrogens is 4. The standard InChI is InChI=1S/C17H24N6O2/c1-12-10-15(19-17(18-12)23-14(3)9-13(2)20-23)21(4)11-16(24)22-5-7-25-8-6-22/h9-10H,5-8,11H2,1-4H3. The van der Waals surface area contributed by atoms with Gasteiger partial charge >= 0.3 is 0 Å². The number of morpholine rings is 1. The van der Waals surface area contributed by atoms with E-state index in [2.05, 4.69) is 15.1 Å². The number of carbonyl (C=O) groups excluding carboxylic acids is 1. The number of ether oxygens (including phenoxy) is 1. The number of rotatable bonds is 4. The lowest BCUT2D eigenvalue weighted by Crippen LogP contribution is -2.45. The fourth-order valence-corrected chi connectivity index (χ4v) is 2.85. The summed E-state index contributed by atoms with van der Waals surface area (Å²) < 4.78 is 7.02. The van der Waals surface area contributed by atoms with E-state index in [4.69, 9.17) is 4.74 Å². The molecule has 1 aliphatic rings. The number of carbonyl (C=O) groups is 1. The van der Waals surface area contributed by atoms with E-state index in [-0.39, 0.29) is 12.5 Å². The summed E-state index contributed by atoms with van der Waals surface area (Å²) in [6, 6.07) is 3.86. The van der Waals surface area contributed by atoms with Crippen LogP contribution in [0.25, 0.3) is 5.95 Å². The van der Waals surface area contributed by atoms with E-state index < -0.39 is 0 Å². The summed E-state index contributed by atoms with van der Waals surface area (Å²) >= 11 is 0. The fraction of sp³-hybridized carbons (Fsp3) is 0.529. The van der Waals surface area contributed by atoms with Gasteiger partial charge in [0.1, 0.15) is 5.82 Å². The van der Waals surface area contributed by atoms with Gasteiger partial charge in [0, 0.05) is 37.6 Å². The molecule has 0 spiro atoms. The predicted molar refractivity (Wildman–Crippen MR) is 94.0 cm³/mol. The van der Waals surface area contributed by atoms with E-state index in [1.54, 1.807) is 4.68 Å². The Morgan fingerprint density at radius 2 is 1.88 bits per heavy atom. The Labute approximate surface area is 147 Å². The van der Waals surface area contributed by atoms with Gasteiger partial charge in [0.05, 0.1) is 25.5 Å². The lowest BCUT2D eigenvalue weighted by atomic mass is 10.3. The maximum atomic E-state index is 12.4. The highest BCUT2D eigenvalue weighted by Crippen LogP contribution is 2.15. The smallest absolute Gasteiger partial charge is 0.252 e. The number of hydrogen-bond acceptors (Lipinski definition) is 6. The zero-order valence-corrected chi connectivity index (χ0v) is 15.2. The summed E-state index contributed by atoms with van der Waals surface area (Å²) in [7, 11) is 1.87. The van der Waals surface area contributed by atoms with Crippen molar-refractivity contribution in [2.75, 3.05) is 44.8 Å². The van der Waals surface area contributed by atoms with Gasteiger partial charge in [0.25, 0.3) is 5.95 Å². The van der Waals surface area contributed by atoms with Crippen molar-refractivity contribution in [2.24, 2.45) is 0 Å². The molecule has 0 N–H and O–H groups in total. The first-order valence-corrected chi connectivity index (χ1v) is 8.40. The monoisotopic (exact) mass is 344 g/mol. The molecule has 0 aromatic carbocycles. The summed E-state index contributed by atoms with van der Waals surface area (Å²) in [6.45, 7) is 8.59. The molecule has 25 heavy (non-hydrogen) atoms. The highest BCUT2D eigenvalue weighted by Gasteiger charge is 2.19. The molecule has 8 nitrogen and oxygen atoms in total. The third-order valence-electron chi connectivity index (χ3n) is 4.16. The maximum absolute atomic E-state index is 12.4. The third-order valence-corrected chi connectivity index (χ3v) is 4.16. The summed E-state index contributed by atoms with van der Waals surface area (Å²) in [4.78, 5) is 25.2. The molecule has 0 bridgehead atoms. The molecule has 0 saturated carbocycles. The predicted octanol–water partition coefficient (Wildman–Crippen LogP) is 0.883. The van der Waals surface area contributed by atoms with E-state index in [1.807, 2.05) is 49.8 Å². The molecule has 1 saturated heterocycles. The van der Waals surface area contributed by atoms with Gasteiger partial charge in [0.15, 0.2) is 0 Å². The molecule has 3 heterocycles. The van der Waals surface area contributed by atoms with Gasteiger partial charge in [-0.05, 0) is 26.8 Å². The third kappa shape index (κ3) is 3.96. The first-order valence-electron chi connectivity index (χ1n) is 8.40. The topological polar surface area (TPSA) is 76.4 Å². The molecular weight excluding hydrogens is 320 g/mol. The molecule has 2 aromatic heterocycles. The Hall–Kier alpha value is -2.48. The Kier molecular flexibility index (Phi) is 4.98. The molecule has 3 rings (SSSR count). The number of aryl methyl sites for hydroxylation is 3. The van der Waals surface area contributed by atoms with Crippen molar-refractivity contribution in [2.45, 2.75) is 20.8 Å². The van der Waals surface area contributed by atoms with Crippen LogP contribution in [0.2, 0.25) is 0 Å². The van der Waals surface area contributed by atoms with Crippen LogP contribution in [-0.4, -0.2) is 70.5 Å². The Balaban J connectivity index is 1.79. The summed E-state index contributed by atoms with van der Waals surface area (Å²) in [5.41, 5.74) is 2.72. The lowest BCUT2D eigenvalue weighted by molar-refractivity contribution is -0.133. The number of nitrogens with zero attached hydrogens (tertiary/aromatic N) is 6. The summed E-state index contributed by atoms with van der Waals surface area (Å²) in [5, 5.41) is 4.44.